The number of benzene rings is 2. The molecule has 2 amide bonds. The average molecular weight is 418 g/mol. The van der Waals surface area contributed by atoms with E-state index in [0.29, 0.717) is 12.2 Å². The minimum absolute atomic E-state index is 0.0603. The molecule has 0 saturated carbocycles. The molecule has 2 saturated heterocycles. The van der Waals surface area contributed by atoms with Crippen LogP contribution in [0.4, 0.5) is 19.3 Å². The molecule has 2 aliphatic heterocycles. The number of aryl methyl sites for hydroxylation is 1. The first kappa shape index (κ1) is 20.5. The van der Waals surface area contributed by atoms with E-state index >= 15 is 0 Å². The number of likely N-dealkylation sites (tertiary alicyclic amines) is 1. The molecular formula is C21H24F2N4O3. The second-order valence-electron chi connectivity index (χ2n) is 7.66. The molecule has 4 rings (SSSR count). The van der Waals surface area contributed by atoms with Gasteiger partial charge >= 0.3 is 6.03 Å². The molecule has 0 spiro atoms. The Morgan fingerprint density at radius 1 is 1.20 bits per heavy atom. The van der Waals surface area contributed by atoms with Gasteiger partial charge < -0.3 is 14.8 Å². The number of urea groups is 1. The molecule has 2 heterocycles. The first-order valence-electron chi connectivity index (χ1n) is 9.65. The van der Waals surface area contributed by atoms with Crippen LogP contribution in [0.15, 0.2) is 36.4 Å². The lowest BCUT2D eigenvalue weighted by atomic mass is 9.85. The summed E-state index contributed by atoms with van der Waals surface area (Å²) in [7, 11) is 3.19. The minimum Gasteiger partial charge on any atom is -0.497 e. The molecule has 160 valence electrons. The monoisotopic (exact) mass is 418 g/mol. The number of anilines is 1. The molecule has 4 atom stereocenters. The summed E-state index contributed by atoms with van der Waals surface area (Å²) in [4.78, 5) is 14.2. The number of nitrogens with zero attached hydrogens (tertiary/aromatic N) is 1. The third-order valence-electron chi connectivity index (χ3n) is 5.53. The standard InChI is InChI=1S/C21H24F2N4O3/c1-11-4-6-12(7-5-11)24-21(28)26-25-18-14(10-27(2)20-19(18)30-20)17-15(22)8-13(29-3)9-16(17)23/h4-9,14,18-20,25H,10H2,1-3H3,(H2,24,26,28)/t14-,18-,19?,20?/m0/s1. The Balaban J connectivity index is 1.49. The molecule has 2 aromatic carbocycles. The van der Waals surface area contributed by atoms with Crippen molar-refractivity contribution < 1.29 is 23.0 Å². The number of likely N-dealkylation sites (N-methyl/N-ethyl adjacent to an activating group) is 1. The first-order valence-corrected chi connectivity index (χ1v) is 9.65. The second kappa shape index (κ2) is 8.17. The maximum Gasteiger partial charge on any atom is 0.333 e. The number of halogens is 2. The average Bonchev–Trinajstić information content (AvgIpc) is 3.50. The summed E-state index contributed by atoms with van der Waals surface area (Å²) in [5.74, 6) is -1.86. The van der Waals surface area contributed by atoms with E-state index in [1.807, 2.05) is 31.0 Å². The number of piperidine rings is 1. The quantitative estimate of drug-likeness (QED) is 0.514. The molecule has 2 unspecified atom stereocenters. The number of methoxy groups -OCH3 is 1. The summed E-state index contributed by atoms with van der Waals surface area (Å²) in [6.45, 7) is 2.31. The van der Waals surface area contributed by atoms with Crippen LogP contribution in [-0.2, 0) is 4.74 Å². The maximum absolute atomic E-state index is 14.7. The van der Waals surface area contributed by atoms with Crippen molar-refractivity contribution in [1.29, 1.82) is 0 Å². The summed E-state index contributed by atoms with van der Waals surface area (Å²) in [5.41, 5.74) is 7.15. The summed E-state index contributed by atoms with van der Waals surface area (Å²) in [6.07, 6.45) is -0.445. The van der Waals surface area contributed by atoms with Gasteiger partial charge in [0.05, 0.1) is 13.2 Å². The molecule has 9 heteroatoms. The van der Waals surface area contributed by atoms with Crippen molar-refractivity contribution in [2.75, 3.05) is 26.0 Å². The van der Waals surface area contributed by atoms with Crippen molar-refractivity contribution in [3.8, 4) is 5.75 Å². The number of hydrogen-bond acceptors (Lipinski definition) is 5. The Hall–Kier alpha value is -2.75. The molecule has 2 aliphatic rings. The van der Waals surface area contributed by atoms with Crippen molar-refractivity contribution in [2.45, 2.75) is 31.2 Å². The zero-order valence-electron chi connectivity index (χ0n) is 16.9. The molecule has 0 aliphatic carbocycles. The van der Waals surface area contributed by atoms with Crippen LogP contribution in [0.3, 0.4) is 0 Å². The predicted octanol–water partition coefficient (Wildman–Crippen LogP) is 2.73. The van der Waals surface area contributed by atoms with E-state index in [1.54, 1.807) is 12.1 Å². The number of epoxide rings is 1. The van der Waals surface area contributed by atoms with Crippen LogP contribution >= 0.6 is 0 Å². The van der Waals surface area contributed by atoms with Gasteiger partial charge in [0, 0.05) is 35.8 Å². The van der Waals surface area contributed by atoms with Crippen LogP contribution in [0.5, 0.6) is 5.75 Å². The van der Waals surface area contributed by atoms with E-state index in [-0.39, 0.29) is 23.6 Å². The number of ether oxygens (including phenoxy) is 2. The number of carbonyl (C=O) groups excluding carboxylic acids is 1. The van der Waals surface area contributed by atoms with E-state index in [0.717, 1.165) is 17.7 Å². The number of amides is 2. The van der Waals surface area contributed by atoms with Gasteiger partial charge in [0.1, 0.15) is 29.7 Å². The molecule has 3 N–H and O–H groups in total. The third kappa shape index (κ3) is 4.09. The normalized spacial score (nSPS) is 25.4. The van der Waals surface area contributed by atoms with Gasteiger partial charge in [0.2, 0.25) is 0 Å². The number of hydrogen-bond donors (Lipinski definition) is 3. The summed E-state index contributed by atoms with van der Waals surface area (Å²) in [6, 6.07) is 8.67. The van der Waals surface area contributed by atoms with Gasteiger partial charge in [-0.2, -0.15) is 0 Å². The highest BCUT2D eigenvalue weighted by Crippen LogP contribution is 2.42. The lowest BCUT2D eigenvalue weighted by Gasteiger charge is -2.34. The van der Waals surface area contributed by atoms with Crippen LogP contribution in [0.25, 0.3) is 0 Å². The fourth-order valence-corrected chi connectivity index (χ4v) is 3.92. The smallest absolute Gasteiger partial charge is 0.333 e. The van der Waals surface area contributed by atoms with Gasteiger partial charge in [-0.15, -0.1) is 0 Å². The number of hydrazine groups is 1. The Kier molecular flexibility index (Phi) is 5.59. The topological polar surface area (TPSA) is 78.2 Å². The molecule has 30 heavy (non-hydrogen) atoms. The molecule has 0 bridgehead atoms. The number of carbonyl (C=O) groups is 1. The van der Waals surface area contributed by atoms with Crippen molar-refractivity contribution >= 4 is 11.7 Å². The van der Waals surface area contributed by atoms with Crippen LogP contribution in [0.1, 0.15) is 17.0 Å². The molecule has 0 aromatic heterocycles. The summed E-state index contributed by atoms with van der Waals surface area (Å²) in [5, 5.41) is 2.71. The summed E-state index contributed by atoms with van der Waals surface area (Å²) >= 11 is 0. The highest BCUT2D eigenvalue weighted by atomic mass is 19.1. The SMILES string of the molecule is COc1cc(F)c([C@@H]2CN(C)C3OC3[C@H]2NNC(=O)Nc2ccc(C)cc2)c(F)c1. The van der Waals surface area contributed by atoms with Crippen LogP contribution in [-0.4, -0.2) is 50.0 Å². The molecule has 7 nitrogen and oxygen atoms in total. The van der Waals surface area contributed by atoms with E-state index < -0.39 is 29.6 Å². The number of rotatable bonds is 5. The molecule has 2 fully saturated rings. The maximum atomic E-state index is 14.7. The van der Waals surface area contributed by atoms with Crippen LogP contribution < -0.4 is 20.9 Å². The van der Waals surface area contributed by atoms with Crippen molar-refractivity contribution in [2.24, 2.45) is 0 Å². The van der Waals surface area contributed by atoms with Crippen molar-refractivity contribution in [3.05, 3.63) is 59.2 Å². The fraction of sp³-hybridized carbons (Fsp3) is 0.381. The van der Waals surface area contributed by atoms with E-state index in [9.17, 15) is 13.6 Å². The van der Waals surface area contributed by atoms with Gasteiger partial charge in [-0.05, 0) is 26.1 Å². The van der Waals surface area contributed by atoms with E-state index in [2.05, 4.69) is 16.2 Å². The highest BCUT2D eigenvalue weighted by Gasteiger charge is 2.55. The van der Waals surface area contributed by atoms with Gasteiger partial charge in [0.15, 0.2) is 0 Å². The first-order chi connectivity index (χ1) is 14.4. The Morgan fingerprint density at radius 3 is 2.50 bits per heavy atom. The van der Waals surface area contributed by atoms with Crippen molar-refractivity contribution in [1.82, 2.24) is 15.8 Å². The van der Waals surface area contributed by atoms with Gasteiger partial charge in [-0.3, -0.25) is 10.3 Å². The minimum atomic E-state index is -0.694. The van der Waals surface area contributed by atoms with Gasteiger partial charge in [-0.1, -0.05) is 17.7 Å². The summed E-state index contributed by atoms with van der Waals surface area (Å²) < 4.78 is 40.1. The molecule has 2 aromatic rings. The Bertz CT molecular complexity index is 917. The van der Waals surface area contributed by atoms with Gasteiger partial charge in [0.25, 0.3) is 0 Å². The van der Waals surface area contributed by atoms with E-state index in [4.69, 9.17) is 9.47 Å². The third-order valence-corrected chi connectivity index (χ3v) is 5.53. The number of fused-ring (bicyclic) bond motifs is 1. The highest BCUT2D eigenvalue weighted by molar-refractivity contribution is 5.88. The van der Waals surface area contributed by atoms with Crippen LogP contribution in [0.2, 0.25) is 0 Å². The molecule has 0 radical (unpaired) electrons. The van der Waals surface area contributed by atoms with Crippen molar-refractivity contribution in [3.63, 3.8) is 0 Å². The van der Waals surface area contributed by atoms with Crippen LogP contribution in [0, 0.1) is 18.6 Å². The Morgan fingerprint density at radius 2 is 1.87 bits per heavy atom. The fourth-order valence-electron chi connectivity index (χ4n) is 3.92. The second-order valence-corrected chi connectivity index (χ2v) is 7.66. The Labute approximate surface area is 173 Å². The largest absolute Gasteiger partial charge is 0.497 e. The van der Waals surface area contributed by atoms with Gasteiger partial charge in [-0.25, -0.2) is 19.0 Å². The zero-order chi connectivity index (χ0) is 21.4. The van der Waals surface area contributed by atoms with E-state index in [1.165, 1.54) is 7.11 Å². The molecular weight excluding hydrogens is 394 g/mol. The predicted molar refractivity (Wildman–Crippen MR) is 107 cm³/mol. The number of nitrogens with one attached hydrogen (secondary N) is 3. The lowest BCUT2D eigenvalue weighted by Crippen LogP contribution is -2.56. The lowest BCUT2D eigenvalue weighted by molar-refractivity contribution is 0.188. The zero-order valence-corrected chi connectivity index (χ0v) is 16.9.